The minimum Gasteiger partial charge on any atom is -0.480 e. The predicted octanol–water partition coefficient (Wildman–Crippen LogP) is 9.19. The lowest BCUT2D eigenvalue weighted by molar-refractivity contribution is -0.137. The van der Waals surface area contributed by atoms with Crippen LogP contribution in [0.1, 0.15) is 69.7 Å². The first-order valence-electron chi connectivity index (χ1n) is 12.0. The first kappa shape index (κ1) is 31.1. The summed E-state index contributed by atoms with van der Waals surface area (Å²) in [6, 6.07) is 12.9. The number of benzene rings is 2. The topological polar surface area (TPSA) is 39.2 Å². The number of allylic oxidation sites excluding steroid dienone is 1. The second-order valence-electron chi connectivity index (χ2n) is 8.29. The molecule has 2 aromatic carbocycles. The van der Waals surface area contributed by atoms with Crippen molar-refractivity contribution in [1.82, 2.24) is 4.98 Å². The van der Waals surface area contributed by atoms with Crippen molar-refractivity contribution in [3.05, 3.63) is 76.8 Å². The molecule has 0 atom stereocenters. The average Bonchev–Trinajstić information content (AvgIpc) is 3.26. The highest BCUT2D eigenvalue weighted by Crippen LogP contribution is 2.35. The molecule has 3 nitrogen and oxygen atoms in total. The van der Waals surface area contributed by atoms with E-state index in [0.717, 1.165) is 58.2 Å². The summed E-state index contributed by atoms with van der Waals surface area (Å²) in [5.41, 5.74) is 2.44. The number of nitrogens with zero attached hydrogens (tertiary/aromatic N) is 1. The Hall–Kier alpha value is -2.93. The van der Waals surface area contributed by atoms with Crippen molar-refractivity contribution in [3.63, 3.8) is 0 Å². The third-order valence-electron chi connectivity index (χ3n) is 5.00. The molecule has 0 bridgehead atoms. The van der Waals surface area contributed by atoms with E-state index in [2.05, 4.69) is 18.5 Å². The third kappa shape index (κ3) is 9.26. The number of carbonyl (C=O) groups excluding carboxylic acids is 1. The van der Waals surface area contributed by atoms with E-state index >= 15 is 0 Å². The standard InChI is InChI=1S/C15H14F3NS.C12H16O2.C2H6/c1-4-9(2)13-10(3)19-14(20-13)11-5-7-12(8-6-11)15(16,17)18;1-4-10-5-7-11(8-6-10)14-12(2,3)9-13;1-2/h5-8H,2,4H2,1,3H3;5-9H,4H2,1-3H3;1-2H3. The van der Waals surface area contributed by atoms with Gasteiger partial charge in [0, 0.05) is 5.56 Å². The Morgan fingerprint density at radius 2 is 1.58 bits per heavy atom. The van der Waals surface area contributed by atoms with Gasteiger partial charge in [0.15, 0.2) is 11.9 Å². The SMILES string of the molecule is C=C(CC)c1sc(-c2ccc(C(F)(F)F)cc2)nc1C.CC.CCc1ccc(OC(C)(C)C=O)cc1. The van der Waals surface area contributed by atoms with Crippen LogP contribution in [0.2, 0.25) is 0 Å². The largest absolute Gasteiger partial charge is 0.480 e. The summed E-state index contributed by atoms with van der Waals surface area (Å²) in [7, 11) is 0. The van der Waals surface area contributed by atoms with Crippen molar-refractivity contribution in [3.8, 4) is 16.3 Å². The molecule has 0 aliphatic rings. The summed E-state index contributed by atoms with van der Waals surface area (Å²) in [6.45, 7) is 17.5. The summed E-state index contributed by atoms with van der Waals surface area (Å²) < 4.78 is 43.0. The smallest absolute Gasteiger partial charge is 0.416 e. The summed E-state index contributed by atoms with van der Waals surface area (Å²) in [6.07, 6.45) is -1.66. The lowest BCUT2D eigenvalue weighted by Crippen LogP contribution is -2.29. The van der Waals surface area contributed by atoms with Crippen LogP contribution in [-0.2, 0) is 17.4 Å². The van der Waals surface area contributed by atoms with E-state index in [1.54, 1.807) is 13.8 Å². The van der Waals surface area contributed by atoms with Gasteiger partial charge in [0.2, 0.25) is 0 Å². The first-order valence-corrected chi connectivity index (χ1v) is 12.8. The molecule has 36 heavy (non-hydrogen) atoms. The Bertz CT molecular complexity index is 1100. The Labute approximate surface area is 217 Å². The number of carbonyl (C=O) groups is 1. The van der Waals surface area contributed by atoms with Crippen molar-refractivity contribution in [2.24, 2.45) is 0 Å². The lowest BCUT2D eigenvalue weighted by atomic mass is 10.1. The zero-order valence-corrected chi connectivity index (χ0v) is 22.9. The van der Waals surface area contributed by atoms with Gasteiger partial charge >= 0.3 is 6.18 Å². The maximum Gasteiger partial charge on any atom is 0.416 e. The minimum atomic E-state index is -4.31. The molecule has 0 spiro atoms. The van der Waals surface area contributed by atoms with Crippen molar-refractivity contribution < 1.29 is 22.7 Å². The monoisotopic (exact) mass is 519 g/mol. The summed E-state index contributed by atoms with van der Waals surface area (Å²) in [5.74, 6) is 0.735. The highest BCUT2D eigenvalue weighted by atomic mass is 32.1. The number of hydrogen-bond donors (Lipinski definition) is 0. The van der Waals surface area contributed by atoms with E-state index in [1.807, 2.05) is 52.0 Å². The van der Waals surface area contributed by atoms with E-state index in [9.17, 15) is 18.0 Å². The second kappa shape index (κ2) is 14.0. The van der Waals surface area contributed by atoms with Crippen LogP contribution in [0.4, 0.5) is 13.2 Å². The van der Waals surface area contributed by atoms with Crippen LogP contribution in [0.15, 0.2) is 55.1 Å². The molecule has 0 saturated carbocycles. The van der Waals surface area contributed by atoms with Crippen molar-refractivity contribution in [2.45, 2.75) is 73.1 Å². The highest BCUT2D eigenvalue weighted by Gasteiger charge is 2.30. The molecule has 1 heterocycles. The van der Waals surface area contributed by atoms with Crippen LogP contribution < -0.4 is 4.74 Å². The van der Waals surface area contributed by atoms with Gasteiger partial charge in [-0.3, -0.25) is 4.79 Å². The zero-order chi connectivity index (χ0) is 27.5. The number of halogens is 3. The highest BCUT2D eigenvalue weighted by molar-refractivity contribution is 7.16. The number of thiazole rings is 1. The number of aldehydes is 1. The third-order valence-corrected chi connectivity index (χ3v) is 6.31. The number of aryl methyl sites for hydroxylation is 2. The van der Waals surface area contributed by atoms with Crippen molar-refractivity contribution in [2.75, 3.05) is 0 Å². The predicted molar refractivity (Wildman–Crippen MR) is 145 cm³/mol. The van der Waals surface area contributed by atoms with E-state index in [4.69, 9.17) is 4.74 Å². The van der Waals surface area contributed by atoms with Crippen molar-refractivity contribution in [1.29, 1.82) is 0 Å². The quantitative estimate of drug-likeness (QED) is 0.292. The fourth-order valence-electron chi connectivity index (χ4n) is 2.93. The Morgan fingerprint density at radius 1 is 1.03 bits per heavy atom. The van der Waals surface area contributed by atoms with Crippen LogP contribution in [0.5, 0.6) is 5.75 Å². The second-order valence-corrected chi connectivity index (χ2v) is 9.29. The number of aromatic nitrogens is 1. The maximum atomic E-state index is 12.5. The number of alkyl halides is 3. The van der Waals surface area contributed by atoms with Crippen LogP contribution in [0.3, 0.4) is 0 Å². The molecule has 3 aromatic rings. The molecule has 0 saturated heterocycles. The lowest BCUT2D eigenvalue weighted by Gasteiger charge is -2.19. The van der Waals surface area contributed by atoms with Crippen LogP contribution in [0.25, 0.3) is 16.1 Å². The molecule has 0 amide bonds. The first-order chi connectivity index (χ1) is 16.9. The van der Waals surface area contributed by atoms with Gasteiger partial charge in [-0.1, -0.05) is 58.5 Å². The van der Waals surface area contributed by atoms with E-state index < -0.39 is 17.3 Å². The molecular formula is C29H36F3NO2S. The van der Waals surface area contributed by atoms with Crippen LogP contribution >= 0.6 is 11.3 Å². The maximum absolute atomic E-state index is 12.5. The van der Waals surface area contributed by atoms with Gasteiger partial charge in [-0.05, 0) is 69.0 Å². The fraction of sp³-hybridized carbons (Fsp3) is 0.379. The van der Waals surface area contributed by atoms with Gasteiger partial charge in [0.25, 0.3) is 0 Å². The molecule has 0 radical (unpaired) electrons. The van der Waals surface area contributed by atoms with Gasteiger partial charge < -0.3 is 4.74 Å². The number of ether oxygens (including phenoxy) is 1. The molecule has 0 aliphatic carbocycles. The van der Waals surface area contributed by atoms with Gasteiger partial charge in [0.05, 0.1) is 16.1 Å². The van der Waals surface area contributed by atoms with Gasteiger partial charge in [-0.2, -0.15) is 13.2 Å². The molecule has 3 rings (SSSR count). The number of hydrogen-bond acceptors (Lipinski definition) is 4. The van der Waals surface area contributed by atoms with Crippen LogP contribution in [0, 0.1) is 6.92 Å². The summed E-state index contributed by atoms with van der Waals surface area (Å²) in [5, 5.41) is 0.723. The summed E-state index contributed by atoms with van der Waals surface area (Å²) in [4.78, 5) is 16.1. The van der Waals surface area contributed by atoms with E-state index in [1.165, 1.54) is 29.0 Å². The van der Waals surface area contributed by atoms with Gasteiger partial charge in [-0.25, -0.2) is 4.98 Å². The molecule has 0 fully saturated rings. The Kier molecular flexibility index (Phi) is 12.1. The van der Waals surface area contributed by atoms with Crippen molar-refractivity contribution >= 4 is 23.2 Å². The normalized spacial score (nSPS) is 10.9. The molecular weight excluding hydrogens is 483 g/mol. The molecule has 1 aromatic heterocycles. The average molecular weight is 520 g/mol. The molecule has 0 unspecified atom stereocenters. The minimum absolute atomic E-state index is 0.646. The number of rotatable bonds is 7. The van der Waals surface area contributed by atoms with E-state index in [0.29, 0.717) is 5.56 Å². The molecule has 0 N–H and O–H groups in total. The molecule has 196 valence electrons. The fourth-order valence-corrected chi connectivity index (χ4v) is 4.04. The Balaban J connectivity index is 0.000000356. The van der Waals surface area contributed by atoms with Gasteiger partial charge in [-0.15, -0.1) is 11.3 Å². The van der Waals surface area contributed by atoms with Crippen LogP contribution in [-0.4, -0.2) is 16.9 Å². The Morgan fingerprint density at radius 3 is 2.03 bits per heavy atom. The van der Waals surface area contributed by atoms with Gasteiger partial charge in [0.1, 0.15) is 10.8 Å². The molecule has 0 aliphatic heterocycles. The summed E-state index contributed by atoms with van der Waals surface area (Å²) >= 11 is 1.47. The molecule has 7 heteroatoms. The van der Waals surface area contributed by atoms with E-state index in [-0.39, 0.29) is 0 Å². The zero-order valence-electron chi connectivity index (χ0n) is 22.1.